The number of nitrogens with one attached hydrogen (secondary N) is 1. The van der Waals surface area contributed by atoms with Crippen LogP contribution in [0.2, 0.25) is 0 Å². The van der Waals surface area contributed by atoms with E-state index < -0.39 is 0 Å². The SMILES string of the molecule is CC(C)[C@@H](C)NC(=O)c1nc([C@H]2CCCN2C(=O)N(C)C)n2ccccc12. The fourth-order valence-electron chi connectivity index (χ4n) is 3.43. The number of carbonyl (C=O) groups excluding carboxylic acids is 2. The average molecular weight is 371 g/mol. The first kappa shape index (κ1) is 19.2. The quantitative estimate of drug-likeness (QED) is 0.898. The number of imidazole rings is 1. The summed E-state index contributed by atoms with van der Waals surface area (Å²) in [5.41, 5.74) is 1.19. The predicted molar refractivity (Wildman–Crippen MR) is 105 cm³/mol. The highest BCUT2D eigenvalue weighted by atomic mass is 16.2. The number of rotatable bonds is 4. The van der Waals surface area contributed by atoms with Gasteiger partial charge in [-0.25, -0.2) is 9.78 Å². The Morgan fingerprint density at radius 1 is 1.26 bits per heavy atom. The maximum Gasteiger partial charge on any atom is 0.320 e. The minimum Gasteiger partial charge on any atom is -0.348 e. The zero-order chi connectivity index (χ0) is 19.7. The molecule has 146 valence electrons. The van der Waals surface area contributed by atoms with Gasteiger partial charge < -0.3 is 19.5 Å². The molecule has 0 aliphatic carbocycles. The van der Waals surface area contributed by atoms with Gasteiger partial charge in [0, 0.05) is 32.9 Å². The highest BCUT2D eigenvalue weighted by Gasteiger charge is 2.35. The summed E-state index contributed by atoms with van der Waals surface area (Å²) in [6, 6.07) is 5.63. The van der Waals surface area contributed by atoms with Crippen LogP contribution in [0.25, 0.3) is 5.52 Å². The molecule has 1 fully saturated rings. The van der Waals surface area contributed by atoms with Crippen molar-refractivity contribution in [1.82, 2.24) is 24.5 Å². The minimum atomic E-state index is -0.172. The molecule has 1 aliphatic rings. The number of urea groups is 1. The second kappa shape index (κ2) is 7.58. The van der Waals surface area contributed by atoms with Crippen LogP contribution in [0, 0.1) is 5.92 Å². The maximum atomic E-state index is 12.8. The average Bonchev–Trinajstić information content (AvgIpc) is 3.25. The summed E-state index contributed by atoms with van der Waals surface area (Å²) in [5.74, 6) is 0.917. The van der Waals surface area contributed by atoms with Gasteiger partial charge in [-0.05, 0) is 37.8 Å². The van der Waals surface area contributed by atoms with Crippen LogP contribution in [-0.2, 0) is 0 Å². The molecule has 1 aliphatic heterocycles. The maximum absolute atomic E-state index is 12.8. The Morgan fingerprint density at radius 3 is 2.67 bits per heavy atom. The highest BCUT2D eigenvalue weighted by Crippen LogP contribution is 2.33. The minimum absolute atomic E-state index is 0.0235. The van der Waals surface area contributed by atoms with Crippen molar-refractivity contribution in [2.45, 2.75) is 45.7 Å². The molecule has 3 amide bonds. The van der Waals surface area contributed by atoms with Gasteiger partial charge in [-0.3, -0.25) is 4.79 Å². The molecule has 27 heavy (non-hydrogen) atoms. The molecule has 0 unspecified atom stereocenters. The lowest BCUT2D eigenvalue weighted by Crippen LogP contribution is -2.39. The van der Waals surface area contributed by atoms with Crippen LogP contribution in [0.4, 0.5) is 4.79 Å². The van der Waals surface area contributed by atoms with Gasteiger partial charge in [0.2, 0.25) is 0 Å². The molecular weight excluding hydrogens is 342 g/mol. The van der Waals surface area contributed by atoms with Crippen molar-refractivity contribution in [2.24, 2.45) is 5.92 Å². The summed E-state index contributed by atoms with van der Waals surface area (Å²) in [6.07, 6.45) is 3.69. The number of hydrogen-bond donors (Lipinski definition) is 1. The van der Waals surface area contributed by atoms with Crippen molar-refractivity contribution < 1.29 is 9.59 Å². The Hall–Kier alpha value is -2.57. The number of fused-ring (bicyclic) bond motifs is 1. The fraction of sp³-hybridized carbons (Fsp3) is 0.550. The molecule has 1 N–H and O–H groups in total. The molecule has 3 heterocycles. The smallest absolute Gasteiger partial charge is 0.320 e. The Labute approximate surface area is 160 Å². The zero-order valence-electron chi connectivity index (χ0n) is 16.8. The van der Waals surface area contributed by atoms with Crippen LogP contribution < -0.4 is 5.32 Å². The van der Waals surface area contributed by atoms with Crippen molar-refractivity contribution >= 4 is 17.5 Å². The standard InChI is InChI=1S/C20H29N5O2/c1-13(2)14(3)21-19(26)17-15-9-6-7-11-24(15)18(22-17)16-10-8-12-25(16)20(27)23(4)5/h6-7,9,11,13-14,16H,8,10,12H2,1-5H3,(H,21,26)/t14-,16-/m1/s1. The molecular formula is C20H29N5O2. The largest absolute Gasteiger partial charge is 0.348 e. The highest BCUT2D eigenvalue weighted by molar-refractivity contribution is 5.99. The molecule has 7 nitrogen and oxygen atoms in total. The molecule has 2 aromatic heterocycles. The van der Waals surface area contributed by atoms with E-state index in [2.05, 4.69) is 19.2 Å². The summed E-state index contributed by atoms with van der Waals surface area (Å²) in [5, 5.41) is 3.04. The van der Waals surface area contributed by atoms with Crippen molar-refractivity contribution in [2.75, 3.05) is 20.6 Å². The van der Waals surface area contributed by atoms with E-state index >= 15 is 0 Å². The number of likely N-dealkylation sites (tertiary alicyclic amines) is 1. The monoisotopic (exact) mass is 371 g/mol. The molecule has 2 atom stereocenters. The van der Waals surface area contributed by atoms with Crippen LogP contribution in [0.15, 0.2) is 24.4 Å². The lowest BCUT2D eigenvalue weighted by molar-refractivity contribution is 0.0927. The van der Waals surface area contributed by atoms with Crippen LogP contribution >= 0.6 is 0 Å². The third kappa shape index (κ3) is 3.63. The van der Waals surface area contributed by atoms with Gasteiger partial charge in [-0.2, -0.15) is 0 Å². The molecule has 0 saturated carbocycles. The van der Waals surface area contributed by atoms with Crippen LogP contribution in [0.5, 0.6) is 0 Å². The van der Waals surface area contributed by atoms with Crippen molar-refractivity contribution in [1.29, 1.82) is 0 Å². The van der Waals surface area contributed by atoms with Gasteiger partial charge in [0.1, 0.15) is 5.82 Å². The molecule has 2 aromatic rings. The lowest BCUT2D eigenvalue weighted by atomic mass is 10.1. The zero-order valence-corrected chi connectivity index (χ0v) is 16.8. The first-order valence-corrected chi connectivity index (χ1v) is 9.57. The number of amides is 3. The van der Waals surface area contributed by atoms with Gasteiger partial charge in [0.15, 0.2) is 5.69 Å². The van der Waals surface area contributed by atoms with Crippen LogP contribution in [-0.4, -0.2) is 57.8 Å². The van der Waals surface area contributed by atoms with Gasteiger partial charge in [-0.15, -0.1) is 0 Å². The van der Waals surface area contributed by atoms with Crippen LogP contribution in [0.3, 0.4) is 0 Å². The Kier molecular flexibility index (Phi) is 5.39. The van der Waals surface area contributed by atoms with Crippen molar-refractivity contribution in [3.8, 4) is 0 Å². The summed E-state index contributed by atoms with van der Waals surface area (Å²) in [4.78, 5) is 33.6. The third-order valence-electron chi connectivity index (χ3n) is 5.33. The first-order chi connectivity index (χ1) is 12.8. The number of nitrogens with zero attached hydrogens (tertiary/aromatic N) is 4. The number of hydrogen-bond acceptors (Lipinski definition) is 3. The molecule has 0 spiro atoms. The van der Waals surface area contributed by atoms with Crippen molar-refractivity contribution in [3.63, 3.8) is 0 Å². The molecule has 1 saturated heterocycles. The Bertz CT molecular complexity index is 842. The third-order valence-corrected chi connectivity index (χ3v) is 5.33. The van der Waals surface area contributed by atoms with Crippen LogP contribution in [0.1, 0.15) is 56.0 Å². The van der Waals surface area contributed by atoms with E-state index in [1.165, 1.54) is 0 Å². The molecule has 0 bridgehead atoms. The number of aromatic nitrogens is 2. The molecule has 0 aromatic carbocycles. The molecule has 7 heteroatoms. The second-order valence-electron chi connectivity index (χ2n) is 7.81. The van der Waals surface area contributed by atoms with E-state index in [0.29, 0.717) is 18.2 Å². The second-order valence-corrected chi connectivity index (χ2v) is 7.81. The molecule has 0 radical (unpaired) electrons. The van der Waals surface area contributed by atoms with E-state index in [1.807, 2.05) is 40.6 Å². The van der Waals surface area contributed by atoms with E-state index in [-0.39, 0.29) is 24.0 Å². The van der Waals surface area contributed by atoms with E-state index in [9.17, 15) is 9.59 Å². The van der Waals surface area contributed by atoms with Gasteiger partial charge in [-0.1, -0.05) is 19.9 Å². The topological polar surface area (TPSA) is 70.0 Å². The normalized spacial score (nSPS) is 18.1. The van der Waals surface area contributed by atoms with E-state index in [0.717, 1.165) is 24.2 Å². The summed E-state index contributed by atoms with van der Waals surface area (Å²) in [7, 11) is 3.52. The Morgan fingerprint density at radius 2 is 2.00 bits per heavy atom. The molecule has 3 rings (SSSR count). The lowest BCUT2D eigenvalue weighted by Gasteiger charge is -2.27. The summed E-state index contributed by atoms with van der Waals surface area (Å²) >= 11 is 0. The predicted octanol–water partition coefficient (Wildman–Crippen LogP) is 2.93. The fourth-order valence-corrected chi connectivity index (χ4v) is 3.43. The van der Waals surface area contributed by atoms with E-state index in [1.54, 1.807) is 19.0 Å². The van der Waals surface area contributed by atoms with Gasteiger partial charge >= 0.3 is 6.03 Å². The summed E-state index contributed by atoms with van der Waals surface area (Å²) < 4.78 is 1.95. The van der Waals surface area contributed by atoms with E-state index in [4.69, 9.17) is 4.98 Å². The van der Waals surface area contributed by atoms with Gasteiger partial charge in [0.05, 0.1) is 11.6 Å². The van der Waals surface area contributed by atoms with Crippen molar-refractivity contribution in [3.05, 3.63) is 35.9 Å². The number of pyridine rings is 1. The van der Waals surface area contributed by atoms with Gasteiger partial charge in [0.25, 0.3) is 5.91 Å². The summed E-state index contributed by atoms with van der Waals surface area (Å²) in [6.45, 7) is 6.85. The number of carbonyl (C=O) groups is 2. The first-order valence-electron chi connectivity index (χ1n) is 9.57. The Balaban J connectivity index is 2.00.